The maximum Gasteiger partial charge on any atom is 0.321 e. The fraction of sp³-hybridized carbons (Fsp3) is 0.292. The minimum atomic E-state index is -0.154. The van der Waals surface area contributed by atoms with E-state index in [1.165, 1.54) is 0 Å². The van der Waals surface area contributed by atoms with E-state index in [1.807, 2.05) is 56.3 Å². The van der Waals surface area contributed by atoms with Gasteiger partial charge in [-0.3, -0.25) is 4.79 Å². The average molecular weight is 434 g/mol. The van der Waals surface area contributed by atoms with Gasteiger partial charge in [0.05, 0.1) is 7.11 Å². The van der Waals surface area contributed by atoms with Gasteiger partial charge in [-0.25, -0.2) is 9.48 Å². The zero-order valence-electron chi connectivity index (χ0n) is 18.5. The number of urea groups is 1. The van der Waals surface area contributed by atoms with Gasteiger partial charge < -0.3 is 19.9 Å². The number of hydrogen-bond acceptors (Lipinski definition) is 4. The fourth-order valence-corrected chi connectivity index (χ4v) is 3.75. The second-order valence-electron chi connectivity index (χ2n) is 7.90. The Morgan fingerprint density at radius 2 is 1.66 bits per heavy atom. The van der Waals surface area contributed by atoms with E-state index in [0.717, 1.165) is 22.5 Å². The second-order valence-corrected chi connectivity index (χ2v) is 7.90. The lowest BCUT2D eigenvalue weighted by atomic mass is 10.2. The number of aryl methyl sites for hydroxylation is 2. The molecule has 8 nitrogen and oxygen atoms in total. The predicted molar refractivity (Wildman–Crippen MR) is 123 cm³/mol. The van der Waals surface area contributed by atoms with Crippen LogP contribution in [0.2, 0.25) is 0 Å². The summed E-state index contributed by atoms with van der Waals surface area (Å²) in [6, 6.07) is 15.1. The van der Waals surface area contributed by atoms with Crippen molar-refractivity contribution in [3.8, 4) is 11.4 Å². The molecule has 0 radical (unpaired) electrons. The molecular weight excluding hydrogens is 406 g/mol. The van der Waals surface area contributed by atoms with Gasteiger partial charge >= 0.3 is 6.03 Å². The molecule has 0 saturated carbocycles. The fourth-order valence-electron chi connectivity index (χ4n) is 3.75. The van der Waals surface area contributed by atoms with Gasteiger partial charge in [0, 0.05) is 38.1 Å². The summed E-state index contributed by atoms with van der Waals surface area (Å²) in [5, 5.41) is 7.40. The first-order valence-corrected chi connectivity index (χ1v) is 10.6. The Morgan fingerprint density at radius 3 is 2.38 bits per heavy atom. The number of nitrogens with one attached hydrogen (secondary N) is 1. The average Bonchev–Trinajstić information content (AvgIpc) is 3.29. The van der Waals surface area contributed by atoms with Crippen LogP contribution in [0.1, 0.15) is 21.6 Å². The Hall–Kier alpha value is -3.81. The standard InChI is InChI=1S/C24H27N5O3/c1-17-5-4-6-19(15-17)25-24(31)28-13-11-27(12-14-28)23(30)20-9-10-29(26-20)21-16-18(2)7-8-22(21)32-3/h4-10,15-16H,11-14H2,1-3H3,(H,25,31). The summed E-state index contributed by atoms with van der Waals surface area (Å²) in [5.74, 6) is 0.542. The molecule has 1 saturated heterocycles. The number of nitrogens with zero attached hydrogens (tertiary/aromatic N) is 4. The Bertz CT molecular complexity index is 1130. The van der Waals surface area contributed by atoms with E-state index < -0.39 is 0 Å². The number of piperazine rings is 1. The van der Waals surface area contributed by atoms with Crippen molar-refractivity contribution in [2.24, 2.45) is 0 Å². The highest BCUT2D eigenvalue weighted by molar-refractivity contribution is 5.93. The van der Waals surface area contributed by atoms with Crippen molar-refractivity contribution in [2.75, 3.05) is 38.6 Å². The van der Waals surface area contributed by atoms with Crippen LogP contribution in [0.25, 0.3) is 5.69 Å². The smallest absolute Gasteiger partial charge is 0.321 e. The number of benzene rings is 2. The van der Waals surface area contributed by atoms with E-state index in [4.69, 9.17) is 4.74 Å². The normalized spacial score (nSPS) is 13.7. The second kappa shape index (κ2) is 9.13. The minimum Gasteiger partial charge on any atom is -0.494 e. The number of ether oxygens (including phenoxy) is 1. The van der Waals surface area contributed by atoms with Gasteiger partial charge in [0.2, 0.25) is 0 Å². The van der Waals surface area contributed by atoms with Gasteiger partial charge in [-0.15, -0.1) is 0 Å². The molecule has 32 heavy (non-hydrogen) atoms. The summed E-state index contributed by atoms with van der Waals surface area (Å²) in [6.07, 6.45) is 1.76. The van der Waals surface area contributed by atoms with E-state index in [1.54, 1.807) is 33.9 Å². The van der Waals surface area contributed by atoms with Crippen LogP contribution in [0, 0.1) is 13.8 Å². The maximum absolute atomic E-state index is 13.0. The maximum atomic E-state index is 13.0. The Labute approximate surface area is 187 Å². The summed E-state index contributed by atoms with van der Waals surface area (Å²) in [4.78, 5) is 29.0. The lowest BCUT2D eigenvalue weighted by Gasteiger charge is -2.34. The van der Waals surface area contributed by atoms with Crippen LogP contribution in [0.15, 0.2) is 54.7 Å². The molecule has 3 amide bonds. The molecule has 166 valence electrons. The Morgan fingerprint density at radius 1 is 0.938 bits per heavy atom. The molecule has 1 N–H and O–H groups in total. The van der Waals surface area contributed by atoms with Crippen LogP contribution in [-0.2, 0) is 0 Å². The summed E-state index contributed by atoms with van der Waals surface area (Å²) in [7, 11) is 1.61. The third-order valence-electron chi connectivity index (χ3n) is 5.51. The first-order chi connectivity index (χ1) is 15.4. The largest absolute Gasteiger partial charge is 0.494 e. The topological polar surface area (TPSA) is 79.7 Å². The van der Waals surface area contributed by atoms with Crippen molar-refractivity contribution in [1.29, 1.82) is 0 Å². The molecule has 1 aliphatic rings. The van der Waals surface area contributed by atoms with Crippen LogP contribution in [0.4, 0.5) is 10.5 Å². The quantitative estimate of drug-likeness (QED) is 0.683. The highest BCUT2D eigenvalue weighted by Crippen LogP contribution is 2.23. The van der Waals surface area contributed by atoms with Gasteiger partial charge in [-0.1, -0.05) is 18.2 Å². The SMILES string of the molecule is COc1ccc(C)cc1-n1ccc(C(=O)N2CCN(C(=O)Nc3cccc(C)c3)CC2)n1. The van der Waals surface area contributed by atoms with E-state index in [0.29, 0.717) is 37.6 Å². The van der Waals surface area contributed by atoms with E-state index in [9.17, 15) is 9.59 Å². The van der Waals surface area contributed by atoms with E-state index in [2.05, 4.69) is 10.4 Å². The monoisotopic (exact) mass is 433 g/mol. The molecule has 0 bridgehead atoms. The summed E-state index contributed by atoms with van der Waals surface area (Å²) >= 11 is 0. The van der Waals surface area contributed by atoms with Crippen LogP contribution < -0.4 is 10.1 Å². The lowest BCUT2D eigenvalue weighted by Crippen LogP contribution is -2.51. The first kappa shape index (κ1) is 21.4. The number of carbonyl (C=O) groups excluding carboxylic acids is 2. The Balaban J connectivity index is 1.38. The van der Waals surface area contributed by atoms with Crippen molar-refractivity contribution in [3.05, 3.63) is 71.5 Å². The number of hydrogen-bond donors (Lipinski definition) is 1. The molecular formula is C24H27N5O3. The van der Waals surface area contributed by atoms with Crippen LogP contribution >= 0.6 is 0 Å². The highest BCUT2D eigenvalue weighted by atomic mass is 16.5. The van der Waals surface area contributed by atoms with Gasteiger partial charge in [-0.2, -0.15) is 5.10 Å². The third kappa shape index (κ3) is 4.59. The third-order valence-corrected chi connectivity index (χ3v) is 5.51. The summed E-state index contributed by atoms with van der Waals surface area (Å²) in [6.45, 7) is 5.83. The molecule has 1 fully saturated rings. The van der Waals surface area contributed by atoms with Crippen LogP contribution in [0.5, 0.6) is 5.75 Å². The minimum absolute atomic E-state index is 0.144. The van der Waals surface area contributed by atoms with Crippen molar-refractivity contribution >= 4 is 17.6 Å². The molecule has 0 aliphatic carbocycles. The first-order valence-electron chi connectivity index (χ1n) is 10.6. The van der Waals surface area contributed by atoms with Gasteiger partial charge in [0.15, 0.2) is 5.69 Å². The van der Waals surface area contributed by atoms with Gasteiger partial charge in [0.1, 0.15) is 11.4 Å². The van der Waals surface area contributed by atoms with Crippen molar-refractivity contribution in [2.45, 2.75) is 13.8 Å². The molecule has 0 atom stereocenters. The lowest BCUT2D eigenvalue weighted by molar-refractivity contribution is 0.0665. The number of methoxy groups -OCH3 is 1. The summed E-state index contributed by atoms with van der Waals surface area (Å²) < 4.78 is 7.08. The molecule has 3 aromatic rings. The van der Waals surface area contributed by atoms with Crippen LogP contribution in [0.3, 0.4) is 0 Å². The molecule has 2 heterocycles. The van der Waals surface area contributed by atoms with Crippen molar-refractivity contribution in [3.63, 3.8) is 0 Å². The van der Waals surface area contributed by atoms with E-state index >= 15 is 0 Å². The number of rotatable bonds is 4. The molecule has 4 rings (SSSR count). The Kier molecular flexibility index (Phi) is 6.11. The molecule has 1 aliphatic heterocycles. The van der Waals surface area contributed by atoms with Gasteiger partial charge in [0.25, 0.3) is 5.91 Å². The van der Waals surface area contributed by atoms with E-state index in [-0.39, 0.29) is 11.9 Å². The summed E-state index contributed by atoms with van der Waals surface area (Å²) in [5.41, 5.74) is 4.08. The van der Waals surface area contributed by atoms with Crippen molar-refractivity contribution < 1.29 is 14.3 Å². The van der Waals surface area contributed by atoms with Crippen molar-refractivity contribution in [1.82, 2.24) is 19.6 Å². The zero-order chi connectivity index (χ0) is 22.7. The van der Waals surface area contributed by atoms with Crippen LogP contribution in [-0.4, -0.2) is 64.8 Å². The number of anilines is 1. The molecule has 1 aromatic heterocycles. The predicted octanol–water partition coefficient (Wildman–Crippen LogP) is 3.49. The highest BCUT2D eigenvalue weighted by Gasteiger charge is 2.26. The molecule has 0 spiro atoms. The van der Waals surface area contributed by atoms with Gasteiger partial charge in [-0.05, 0) is 55.3 Å². The number of aromatic nitrogens is 2. The zero-order valence-corrected chi connectivity index (χ0v) is 18.5. The molecule has 0 unspecified atom stereocenters. The molecule has 2 aromatic carbocycles. The number of amides is 3. The molecule has 8 heteroatoms. The number of carbonyl (C=O) groups is 2.